The summed E-state index contributed by atoms with van der Waals surface area (Å²) in [7, 11) is 0. The average molecular weight is 285 g/mol. The zero-order valence-corrected chi connectivity index (χ0v) is 11.5. The Balaban J connectivity index is 1.74. The number of furan rings is 1. The Morgan fingerprint density at radius 1 is 1.24 bits per heavy atom. The summed E-state index contributed by atoms with van der Waals surface area (Å²) in [4.78, 5) is 23.0. The Kier molecular flexibility index (Phi) is 4.87. The van der Waals surface area contributed by atoms with Crippen molar-refractivity contribution in [1.82, 2.24) is 10.7 Å². The van der Waals surface area contributed by atoms with Crippen molar-refractivity contribution in [2.24, 2.45) is 5.10 Å². The Morgan fingerprint density at radius 3 is 2.67 bits per heavy atom. The van der Waals surface area contributed by atoms with E-state index in [9.17, 15) is 9.59 Å². The number of carbonyl (C=O) groups excluding carboxylic acids is 2. The van der Waals surface area contributed by atoms with Crippen LogP contribution in [0.25, 0.3) is 0 Å². The van der Waals surface area contributed by atoms with E-state index in [4.69, 9.17) is 4.42 Å². The molecular weight excluding hydrogens is 270 g/mol. The highest BCUT2D eigenvalue weighted by Gasteiger charge is 2.09. The van der Waals surface area contributed by atoms with Gasteiger partial charge in [0.15, 0.2) is 5.76 Å². The molecule has 1 heterocycles. The number of hydrogen-bond acceptors (Lipinski definition) is 4. The van der Waals surface area contributed by atoms with Crippen LogP contribution < -0.4 is 10.7 Å². The van der Waals surface area contributed by atoms with Gasteiger partial charge in [-0.25, -0.2) is 5.43 Å². The molecule has 0 fully saturated rings. The van der Waals surface area contributed by atoms with Gasteiger partial charge in [-0.2, -0.15) is 5.10 Å². The molecule has 0 unspecified atom stereocenters. The Labute approximate surface area is 121 Å². The molecule has 2 rings (SSSR count). The van der Waals surface area contributed by atoms with E-state index < -0.39 is 11.8 Å². The SMILES string of the molecule is Cc1ccc(/C=N\NC(=O)CNC(=O)c2ccco2)cc1. The summed E-state index contributed by atoms with van der Waals surface area (Å²) in [6.45, 7) is 1.81. The van der Waals surface area contributed by atoms with Crippen LogP contribution in [0.4, 0.5) is 0 Å². The smallest absolute Gasteiger partial charge is 0.287 e. The van der Waals surface area contributed by atoms with Gasteiger partial charge in [0.05, 0.1) is 19.0 Å². The largest absolute Gasteiger partial charge is 0.459 e. The Morgan fingerprint density at radius 2 is 2.00 bits per heavy atom. The van der Waals surface area contributed by atoms with E-state index in [0.717, 1.165) is 11.1 Å². The molecule has 0 aliphatic carbocycles. The molecule has 6 nitrogen and oxygen atoms in total. The van der Waals surface area contributed by atoms with Gasteiger partial charge in [-0.05, 0) is 24.6 Å². The number of benzene rings is 1. The second kappa shape index (κ2) is 7.04. The highest BCUT2D eigenvalue weighted by Crippen LogP contribution is 2.00. The van der Waals surface area contributed by atoms with Gasteiger partial charge < -0.3 is 9.73 Å². The molecule has 0 aliphatic rings. The van der Waals surface area contributed by atoms with Crippen molar-refractivity contribution in [2.75, 3.05) is 6.54 Å². The fraction of sp³-hybridized carbons (Fsp3) is 0.133. The molecule has 1 aromatic heterocycles. The van der Waals surface area contributed by atoms with Crippen LogP contribution in [0.2, 0.25) is 0 Å². The molecule has 2 N–H and O–H groups in total. The van der Waals surface area contributed by atoms with E-state index in [-0.39, 0.29) is 12.3 Å². The van der Waals surface area contributed by atoms with E-state index >= 15 is 0 Å². The lowest BCUT2D eigenvalue weighted by molar-refractivity contribution is -0.120. The van der Waals surface area contributed by atoms with Crippen molar-refractivity contribution >= 4 is 18.0 Å². The van der Waals surface area contributed by atoms with Crippen molar-refractivity contribution in [3.05, 3.63) is 59.5 Å². The maximum atomic E-state index is 11.5. The van der Waals surface area contributed by atoms with Crippen molar-refractivity contribution in [3.63, 3.8) is 0 Å². The van der Waals surface area contributed by atoms with E-state index in [1.807, 2.05) is 31.2 Å². The second-order valence-corrected chi connectivity index (χ2v) is 4.36. The molecule has 0 spiro atoms. The van der Waals surface area contributed by atoms with E-state index in [2.05, 4.69) is 15.8 Å². The van der Waals surface area contributed by atoms with Gasteiger partial charge in [0.2, 0.25) is 0 Å². The first-order valence-electron chi connectivity index (χ1n) is 6.35. The maximum Gasteiger partial charge on any atom is 0.287 e. The van der Waals surface area contributed by atoms with E-state index in [0.29, 0.717) is 0 Å². The predicted octanol–water partition coefficient (Wildman–Crippen LogP) is 1.47. The summed E-state index contributed by atoms with van der Waals surface area (Å²) in [5, 5.41) is 6.23. The quantitative estimate of drug-likeness (QED) is 0.644. The van der Waals surface area contributed by atoms with Gasteiger partial charge in [0.25, 0.3) is 11.8 Å². The van der Waals surface area contributed by atoms with Crippen molar-refractivity contribution in [1.29, 1.82) is 0 Å². The molecule has 1 aromatic carbocycles. The van der Waals surface area contributed by atoms with Crippen molar-refractivity contribution in [2.45, 2.75) is 6.92 Å². The summed E-state index contributed by atoms with van der Waals surface area (Å²) >= 11 is 0. The van der Waals surface area contributed by atoms with Crippen LogP contribution in [-0.2, 0) is 4.79 Å². The first kappa shape index (κ1) is 14.5. The van der Waals surface area contributed by atoms with Crippen LogP contribution in [-0.4, -0.2) is 24.6 Å². The van der Waals surface area contributed by atoms with Crippen molar-refractivity contribution < 1.29 is 14.0 Å². The fourth-order valence-corrected chi connectivity index (χ4v) is 1.53. The minimum atomic E-state index is -0.447. The second-order valence-electron chi connectivity index (χ2n) is 4.36. The first-order valence-corrected chi connectivity index (χ1v) is 6.35. The number of amides is 2. The van der Waals surface area contributed by atoms with Gasteiger partial charge in [0.1, 0.15) is 0 Å². The number of aryl methyl sites for hydroxylation is 1. The van der Waals surface area contributed by atoms with Gasteiger partial charge in [0, 0.05) is 0 Å². The number of hydrazone groups is 1. The zero-order valence-electron chi connectivity index (χ0n) is 11.5. The van der Waals surface area contributed by atoms with E-state index in [1.54, 1.807) is 6.07 Å². The lowest BCUT2D eigenvalue weighted by Gasteiger charge is -2.01. The third-order valence-corrected chi connectivity index (χ3v) is 2.63. The third-order valence-electron chi connectivity index (χ3n) is 2.63. The summed E-state index contributed by atoms with van der Waals surface area (Å²) in [6.07, 6.45) is 2.92. The van der Waals surface area contributed by atoms with Crippen LogP contribution in [0.1, 0.15) is 21.7 Å². The Hall–Kier alpha value is -2.89. The standard InChI is InChI=1S/C15H15N3O3/c1-11-4-6-12(7-5-11)9-17-18-14(19)10-16-15(20)13-3-2-8-21-13/h2-9H,10H2,1H3,(H,16,20)(H,18,19)/b17-9-. The van der Waals surface area contributed by atoms with Crippen LogP contribution in [0.5, 0.6) is 0 Å². The third kappa shape index (κ3) is 4.61. The molecule has 2 amide bonds. The highest BCUT2D eigenvalue weighted by atomic mass is 16.3. The number of rotatable bonds is 5. The highest BCUT2D eigenvalue weighted by molar-refractivity contribution is 5.94. The number of nitrogens with zero attached hydrogens (tertiary/aromatic N) is 1. The molecule has 0 bridgehead atoms. The van der Waals surface area contributed by atoms with Crippen LogP contribution in [0.3, 0.4) is 0 Å². The lowest BCUT2D eigenvalue weighted by Crippen LogP contribution is -2.34. The van der Waals surface area contributed by atoms with Gasteiger partial charge >= 0.3 is 0 Å². The molecule has 108 valence electrons. The minimum absolute atomic E-state index is 0.158. The number of nitrogens with one attached hydrogen (secondary N) is 2. The van der Waals surface area contributed by atoms with Crippen LogP contribution >= 0.6 is 0 Å². The zero-order chi connectivity index (χ0) is 15.1. The van der Waals surface area contributed by atoms with Crippen LogP contribution in [0, 0.1) is 6.92 Å². The molecule has 0 saturated heterocycles. The average Bonchev–Trinajstić information content (AvgIpc) is 3.01. The maximum absolute atomic E-state index is 11.5. The minimum Gasteiger partial charge on any atom is -0.459 e. The van der Waals surface area contributed by atoms with Crippen LogP contribution in [0.15, 0.2) is 52.2 Å². The molecule has 0 saturated carbocycles. The summed E-state index contributed by atoms with van der Waals surface area (Å²) < 4.78 is 4.90. The fourth-order valence-electron chi connectivity index (χ4n) is 1.53. The predicted molar refractivity (Wildman–Crippen MR) is 78.0 cm³/mol. The van der Waals surface area contributed by atoms with E-state index in [1.165, 1.54) is 18.5 Å². The molecule has 0 radical (unpaired) electrons. The van der Waals surface area contributed by atoms with Gasteiger partial charge in [-0.3, -0.25) is 9.59 Å². The summed E-state index contributed by atoms with van der Waals surface area (Å²) in [5.74, 6) is -0.707. The molecule has 0 atom stereocenters. The number of carbonyl (C=O) groups is 2. The molecule has 2 aromatic rings. The first-order chi connectivity index (χ1) is 10.1. The van der Waals surface area contributed by atoms with Crippen molar-refractivity contribution in [3.8, 4) is 0 Å². The topological polar surface area (TPSA) is 83.7 Å². The molecule has 6 heteroatoms. The van der Waals surface area contributed by atoms with Gasteiger partial charge in [-0.1, -0.05) is 29.8 Å². The lowest BCUT2D eigenvalue weighted by atomic mass is 10.2. The number of hydrogen-bond donors (Lipinski definition) is 2. The monoisotopic (exact) mass is 285 g/mol. The molecular formula is C15H15N3O3. The normalized spacial score (nSPS) is 10.5. The summed E-state index contributed by atoms with van der Waals surface area (Å²) in [6, 6.07) is 10.8. The van der Waals surface area contributed by atoms with Gasteiger partial charge in [-0.15, -0.1) is 0 Å². The summed E-state index contributed by atoms with van der Waals surface area (Å²) in [5.41, 5.74) is 4.36. The molecule has 0 aliphatic heterocycles. The molecule has 21 heavy (non-hydrogen) atoms. The Bertz CT molecular complexity index is 631.